The van der Waals surface area contributed by atoms with E-state index in [2.05, 4.69) is 5.32 Å². The maximum atomic E-state index is 13.4. The van der Waals surface area contributed by atoms with Gasteiger partial charge < -0.3 is 16.2 Å². The number of nitrogens with zero attached hydrogens (tertiary/aromatic N) is 2. The summed E-state index contributed by atoms with van der Waals surface area (Å²) in [4.78, 5) is 36.9. The molecule has 0 aromatic heterocycles. The van der Waals surface area contributed by atoms with Crippen molar-refractivity contribution in [3.8, 4) is 5.75 Å². The number of quaternary nitrogens is 1. The van der Waals surface area contributed by atoms with E-state index in [1.165, 1.54) is 12.1 Å². The van der Waals surface area contributed by atoms with E-state index in [0.717, 1.165) is 24.0 Å². The van der Waals surface area contributed by atoms with E-state index >= 15 is 0 Å². The predicted octanol–water partition coefficient (Wildman–Crippen LogP) is 2.65. The summed E-state index contributed by atoms with van der Waals surface area (Å²) in [5.41, 5.74) is 7.93. The summed E-state index contributed by atoms with van der Waals surface area (Å²) in [6, 6.07) is 11.3. The third-order valence-corrected chi connectivity index (χ3v) is 6.19. The third kappa shape index (κ3) is 4.95. The van der Waals surface area contributed by atoms with Gasteiger partial charge in [0.25, 0.3) is 5.69 Å². The van der Waals surface area contributed by atoms with Gasteiger partial charge in [-0.15, -0.1) is 0 Å². The number of urea groups is 1. The molecular weight excluding hydrogens is 412 g/mol. The number of carbonyl (C=O) groups is 2. The first-order valence-electron chi connectivity index (χ1n) is 10.7. The van der Waals surface area contributed by atoms with Gasteiger partial charge in [0.1, 0.15) is 17.8 Å². The second-order valence-electron chi connectivity index (χ2n) is 8.30. The molecule has 9 heteroatoms. The number of carbonyl (C=O) groups excluding carboxylic acids is 2. The topological polar surface area (TPSA) is 136 Å². The molecule has 1 aliphatic heterocycles. The van der Waals surface area contributed by atoms with E-state index in [4.69, 9.17) is 5.73 Å². The van der Waals surface area contributed by atoms with Gasteiger partial charge in [0, 0.05) is 37.9 Å². The van der Waals surface area contributed by atoms with Crippen molar-refractivity contribution in [2.45, 2.75) is 44.7 Å². The molecule has 170 valence electrons. The fourth-order valence-corrected chi connectivity index (χ4v) is 4.31. The zero-order valence-corrected chi connectivity index (χ0v) is 18.1. The second-order valence-corrected chi connectivity index (χ2v) is 8.30. The van der Waals surface area contributed by atoms with Crippen LogP contribution in [-0.4, -0.2) is 51.6 Å². The van der Waals surface area contributed by atoms with Crippen LogP contribution in [0.2, 0.25) is 0 Å². The quantitative estimate of drug-likeness (QED) is 0.343. The molecule has 9 nitrogen and oxygen atoms in total. The first-order valence-corrected chi connectivity index (χ1v) is 10.7. The minimum absolute atomic E-state index is 0.0152. The number of nitrogens with two attached hydrogens (primary N) is 1. The van der Waals surface area contributed by atoms with Crippen molar-refractivity contribution < 1.29 is 24.1 Å². The van der Waals surface area contributed by atoms with Crippen molar-refractivity contribution in [3.63, 3.8) is 0 Å². The fraction of sp³-hybridized carbons (Fsp3) is 0.391. The lowest BCUT2D eigenvalue weighted by molar-refractivity contribution is -0.785. The highest BCUT2D eigenvalue weighted by Gasteiger charge is 2.53. The Bertz CT molecular complexity index is 977. The molecule has 0 radical (unpaired) electrons. The number of nitrogens with one attached hydrogen (secondary N) is 1. The monoisotopic (exact) mass is 441 g/mol. The maximum absolute atomic E-state index is 13.4. The van der Waals surface area contributed by atoms with Crippen LogP contribution in [0.3, 0.4) is 0 Å². The molecule has 0 aliphatic carbocycles. The van der Waals surface area contributed by atoms with E-state index in [1.54, 1.807) is 36.4 Å². The molecule has 1 aliphatic rings. The summed E-state index contributed by atoms with van der Waals surface area (Å²) in [5.74, 6) is -0.173. The minimum atomic E-state index is -0.847. The SMILES string of the molecule is C[C@@H]1CCC[N+]1(C(=O)NCCc1ccc([N+](=O)[O-])cc1)C(=O)[C@@H](N)Cc1ccc(O)cc1. The van der Waals surface area contributed by atoms with Crippen molar-refractivity contribution in [3.05, 3.63) is 69.8 Å². The Morgan fingerprint density at radius 3 is 2.38 bits per heavy atom. The Kier molecular flexibility index (Phi) is 7.22. The van der Waals surface area contributed by atoms with Gasteiger partial charge in [-0.1, -0.05) is 24.3 Å². The van der Waals surface area contributed by atoms with Crippen molar-refractivity contribution >= 4 is 17.6 Å². The lowest BCUT2D eigenvalue weighted by atomic mass is 10.0. The van der Waals surface area contributed by atoms with Gasteiger partial charge in [-0.25, -0.2) is 9.59 Å². The molecule has 0 saturated carbocycles. The highest BCUT2D eigenvalue weighted by atomic mass is 16.6. The predicted molar refractivity (Wildman–Crippen MR) is 119 cm³/mol. The van der Waals surface area contributed by atoms with Crippen molar-refractivity contribution in [2.75, 3.05) is 13.1 Å². The number of hydrogen-bond donors (Lipinski definition) is 3. The lowest BCUT2D eigenvalue weighted by Crippen LogP contribution is -2.66. The summed E-state index contributed by atoms with van der Waals surface area (Å²) < 4.78 is -0.320. The first kappa shape index (κ1) is 23.4. The number of aromatic hydroxyl groups is 1. The molecule has 3 amide bonds. The van der Waals surface area contributed by atoms with Gasteiger partial charge >= 0.3 is 11.9 Å². The number of non-ortho nitro benzene ring substituents is 1. The van der Waals surface area contributed by atoms with Crippen LogP contribution in [0.5, 0.6) is 5.75 Å². The second kappa shape index (κ2) is 9.88. The summed E-state index contributed by atoms with van der Waals surface area (Å²) in [6.45, 7) is 2.62. The Hall–Kier alpha value is -3.30. The van der Waals surface area contributed by atoms with Crippen LogP contribution in [0.1, 0.15) is 30.9 Å². The standard InChI is InChI=1S/C23H28N4O5/c1-16-3-2-14-27(16,22(29)21(24)15-18-6-10-20(28)11-7-18)23(30)25-13-12-17-4-8-19(9-5-17)26(31)32/h4-11,16,21H,2-3,12-15,24H2,1H3,(H-,25,28,30)/p+1/t16-,21+,27?/m1/s1. The Morgan fingerprint density at radius 2 is 1.81 bits per heavy atom. The Labute approximate surface area is 186 Å². The number of likely N-dealkylation sites (tertiary alicyclic amines) is 1. The van der Waals surface area contributed by atoms with Gasteiger partial charge in [-0.05, 0) is 36.6 Å². The van der Waals surface area contributed by atoms with Crippen molar-refractivity contribution in [1.82, 2.24) is 5.32 Å². The van der Waals surface area contributed by atoms with Crippen LogP contribution in [0.4, 0.5) is 10.5 Å². The van der Waals surface area contributed by atoms with Gasteiger partial charge in [0.05, 0.1) is 11.5 Å². The molecule has 2 aromatic rings. The molecule has 3 rings (SSSR count). The van der Waals surface area contributed by atoms with Crippen LogP contribution in [0.15, 0.2) is 48.5 Å². The third-order valence-electron chi connectivity index (χ3n) is 6.19. The summed E-state index contributed by atoms with van der Waals surface area (Å²) in [7, 11) is 0. The Balaban J connectivity index is 1.66. The number of rotatable bonds is 7. The molecule has 1 heterocycles. The van der Waals surface area contributed by atoms with Crippen LogP contribution in [0.25, 0.3) is 0 Å². The smallest absolute Gasteiger partial charge is 0.424 e. The summed E-state index contributed by atoms with van der Waals surface area (Å²) >= 11 is 0. The molecule has 4 N–H and O–H groups in total. The molecule has 32 heavy (non-hydrogen) atoms. The number of benzene rings is 2. The van der Waals surface area contributed by atoms with Crippen molar-refractivity contribution in [1.29, 1.82) is 0 Å². The normalized spacial score (nSPS) is 21.1. The van der Waals surface area contributed by atoms with Crippen LogP contribution in [0, 0.1) is 10.1 Å². The minimum Gasteiger partial charge on any atom is -0.508 e. The number of phenols is 1. The molecule has 0 spiro atoms. The molecule has 3 atom stereocenters. The number of hydrogen-bond acceptors (Lipinski definition) is 6. The first-order chi connectivity index (χ1) is 15.2. The molecular formula is C23H29N4O5+. The van der Waals surface area contributed by atoms with E-state index in [9.17, 15) is 24.8 Å². The molecule has 1 saturated heterocycles. The van der Waals surface area contributed by atoms with Crippen molar-refractivity contribution in [2.24, 2.45) is 5.73 Å². The zero-order chi connectivity index (χ0) is 23.3. The van der Waals surface area contributed by atoms with Crippen LogP contribution >= 0.6 is 0 Å². The summed E-state index contributed by atoms with van der Waals surface area (Å²) in [5, 5.41) is 23.1. The van der Waals surface area contributed by atoms with Gasteiger partial charge in [0.15, 0.2) is 0 Å². The van der Waals surface area contributed by atoms with Gasteiger partial charge in [-0.2, -0.15) is 4.48 Å². The van der Waals surface area contributed by atoms with Gasteiger partial charge in [0.2, 0.25) is 0 Å². The summed E-state index contributed by atoms with van der Waals surface area (Å²) in [6.07, 6.45) is 2.29. The zero-order valence-electron chi connectivity index (χ0n) is 18.1. The average molecular weight is 442 g/mol. The molecule has 0 bridgehead atoms. The maximum Gasteiger partial charge on any atom is 0.424 e. The van der Waals surface area contributed by atoms with E-state index < -0.39 is 11.0 Å². The lowest BCUT2D eigenvalue weighted by Gasteiger charge is -2.34. The number of amides is 3. The molecule has 1 fully saturated rings. The highest BCUT2D eigenvalue weighted by molar-refractivity contribution is 5.87. The van der Waals surface area contributed by atoms with Crippen LogP contribution < -0.4 is 11.1 Å². The average Bonchev–Trinajstić information content (AvgIpc) is 3.17. The highest BCUT2D eigenvalue weighted by Crippen LogP contribution is 2.29. The van der Waals surface area contributed by atoms with E-state index in [0.29, 0.717) is 19.5 Å². The number of nitro benzene ring substituents is 1. The van der Waals surface area contributed by atoms with Crippen LogP contribution in [-0.2, 0) is 17.6 Å². The molecule has 1 unspecified atom stereocenters. The van der Waals surface area contributed by atoms with Gasteiger partial charge in [-0.3, -0.25) is 10.1 Å². The Morgan fingerprint density at radius 1 is 1.19 bits per heavy atom. The van der Waals surface area contributed by atoms with E-state index in [1.807, 2.05) is 6.92 Å². The number of nitro groups is 1. The van der Waals surface area contributed by atoms with E-state index in [-0.39, 0.29) is 40.3 Å². The largest absolute Gasteiger partial charge is 0.508 e. The molecule has 2 aromatic carbocycles. The number of phenolic OH excluding ortho intramolecular Hbond substituents is 1. The number of imide groups is 1. The fourth-order valence-electron chi connectivity index (χ4n) is 4.31.